The van der Waals surface area contributed by atoms with Crippen LogP contribution in [0.5, 0.6) is 0 Å². The Labute approximate surface area is 193 Å². The average Bonchev–Trinajstić information content (AvgIpc) is 2.63. The second-order valence-corrected chi connectivity index (χ2v) is 10.8. The second kappa shape index (κ2) is 26.4. The van der Waals surface area contributed by atoms with Gasteiger partial charge in [0.15, 0.2) is 0 Å². The normalized spacial score (nSPS) is 11.1. The van der Waals surface area contributed by atoms with E-state index >= 15 is 0 Å². The maximum atomic E-state index is 2.32. The van der Waals surface area contributed by atoms with Crippen LogP contribution in [0.4, 0.5) is 0 Å². The van der Waals surface area contributed by atoms with Gasteiger partial charge < -0.3 is 1.43 Å². The summed E-state index contributed by atoms with van der Waals surface area (Å²) in [7, 11) is 0.366. The first-order valence-electron chi connectivity index (χ1n) is 12.1. The summed E-state index contributed by atoms with van der Waals surface area (Å²) >= 11 is 0. The van der Waals surface area contributed by atoms with Crippen LogP contribution in [0.2, 0.25) is 0 Å². The van der Waals surface area contributed by atoms with Gasteiger partial charge in [-0.25, -0.2) is 0 Å². The van der Waals surface area contributed by atoms with E-state index in [4.69, 9.17) is 0 Å². The molecule has 0 rings (SSSR count). The Morgan fingerprint density at radius 3 is 0.885 bits per heavy atom. The van der Waals surface area contributed by atoms with Gasteiger partial charge in [-0.2, -0.15) is 0 Å². The molecule has 0 aromatic rings. The Kier molecular flexibility index (Phi) is 30.1. The maximum absolute atomic E-state index is 2.32. The van der Waals surface area contributed by atoms with Crippen LogP contribution in [0.3, 0.4) is 0 Å². The summed E-state index contributed by atoms with van der Waals surface area (Å²) in [6, 6.07) is 0. The smallest absolute Gasteiger partial charge is 1.00 e. The molecule has 2 heteroatoms. The zero-order chi connectivity index (χ0) is 18.4. The van der Waals surface area contributed by atoms with Gasteiger partial charge in [-0.1, -0.05) is 117 Å². The van der Waals surface area contributed by atoms with Gasteiger partial charge in [0.2, 0.25) is 0 Å². The van der Waals surface area contributed by atoms with Crippen molar-refractivity contribution in [3.8, 4) is 0 Å². The molecule has 0 saturated heterocycles. The number of hydrogen-bond donors (Lipinski definition) is 0. The van der Waals surface area contributed by atoms with Gasteiger partial charge in [-0.15, -0.1) is 7.92 Å². The molecule has 0 amide bonds. The van der Waals surface area contributed by atoms with Gasteiger partial charge in [0.05, 0.1) is 0 Å². The molecule has 0 bridgehead atoms. The largest absolute Gasteiger partial charge is 1.00 e. The zero-order valence-corrected chi connectivity index (χ0v) is 22.2. The van der Waals surface area contributed by atoms with Gasteiger partial charge in [-0.05, 0) is 37.7 Å². The molecule has 0 N–H and O–H groups in total. The fourth-order valence-corrected chi connectivity index (χ4v) is 6.37. The van der Waals surface area contributed by atoms with Crippen LogP contribution in [0, 0.1) is 0 Å². The van der Waals surface area contributed by atoms with Crippen molar-refractivity contribution in [3.63, 3.8) is 0 Å². The van der Waals surface area contributed by atoms with Gasteiger partial charge in [0.25, 0.3) is 0 Å². The average molecular weight is 395 g/mol. The van der Waals surface area contributed by atoms with Crippen molar-refractivity contribution in [1.29, 1.82) is 0 Å². The SMILES string of the molecule is CCCCCCCCP(CCCCCCCC)CCCCCCCC.[H-].[Na+]. The fourth-order valence-electron chi connectivity index (χ4n) is 3.68. The number of rotatable bonds is 21. The summed E-state index contributed by atoms with van der Waals surface area (Å²) < 4.78 is 0. The fraction of sp³-hybridized carbons (Fsp3) is 1.00. The minimum Gasteiger partial charge on any atom is -1.00 e. The third kappa shape index (κ3) is 23.5. The van der Waals surface area contributed by atoms with E-state index in [0.717, 1.165) is 0 Å². The quantitative estimate of drug-likeness (QED) is 0.116. The monoisotopic (exact) mass is 394 g/mol. The first-order valence-corrected chi connectivity index (χ1v) is 14.0. The van der Waals surface area contributed by atoms with Crippen LogP contribution >= 0.6 is 7.92 Å². The van der Waals surface area contributed by atoms with E-state index in [9.17, 15) is 0 Å². The molecule has 0 heterocycles. The Balaban J connectivity index is -0.00000288. The number of unbranched alkanes of at least 4 members (excludes halogenated alkanes) is 15. The molecule has 0 nitrogen and oxygen atoms in total. The molecule has 0 aliphatic rings. The molecule has 0 atom stereocenters. The minimum atomic E-state index is 0. The first-order chi connectivity index (χ1) is 12.3. The zero-order valence-electron chi connectivity index (χ0n) is 20.3. The van der Waals surface area contributed by atoms with E-state index in [1.807, 2.05) is 0 Å². The summed E-state index contributed by atoms with van der Waals surface area (Å²) in [5.74, 6) is 0. The van der Waals surface area contributed by atoms with E-state index in [-0.39, 0.29) is 31.0 Å². The maximum Gasteiger partial charge on any atom is 1.00 e. The van der Waals surface area contributed by atoms with Gasteiger partial charge >= 0.3 is 29.6 Å². The molecule has 0 aromatic carbocycles. The van der Waals surface area contributed by atoms with Crippen LogP contribution in [-0.2, 0) is 0 Å². The van der Waals surface area contributed by atoms with E-state index in [0.29, 0.717) is 7.92 Å². The van der Waals surface area contributed by atoms with Crippen LogP contribution in [0.1, 0.15) is 138 Å². The van der Waals surface area contributed by atoms with Crippen molar-refractivity contribution >= 4 is 7.92 Å². The summed E-state index contributed by atoms with van der Waals surface area (Å²) in [6.07, 6.45) is 31.2. The number of hydrogen-bond acceptors (Lipinski definition) is 0. The van der Waals surface area contributed by atoms with Gasteiger partial charge in [0.1, 0.15) is 0 Å². The van der Waals surface area contributed by atoms with E-state index in [1.54, 1.807) is 18.5 Å². The van der Waals surface area contributed by atoms with Crippen molar-refractivity contribution < 1.29 is 31.0 Å². The van der Waals surface area contributed by atoms with E-state index in [1.165, 1.54) is 116 Å². The van der Waals surface area contributed by atoms with Gasteiger partial charge in [-0.3, -0.25) is 0 Å². The molecule has 0 unspecified atom stereocenters. The van der Waals surface area contributed by atoms with Crippen LogP contribution in [0.25, 0.3) is 0 Å². The molecule has 0 aliphatic heterocycles. The minimum absolute atomic E-state index is 0. The van der Waals surface area contributed by atoms with Crippen molar-refractivity contribution in [2.45, 2.75) is 136 Å². The topological polar surface area (TPSA) is 0 Å². The molecule has 26 heavy (non-hydrogen) atoms. The third-order valence-electron chi connectivity index (χ3n) is 5.48. The Bertz CT molecular complexity index is 200. The Hall–Kier alpha value is 1.43. The molecule has 0 saturated carbocycles. The second-order valence-electron chi connectivity index (χ2n) is 8.14. The van der Waals surface area contributed by atoms with Crippen LogP contribution < -0.4 is 29.6 Å². The predicted octanol–water partition coefficient (Wildman–Crippen LogP) is 6.67. The summed E-state index contributed by atoms with van der Waals surface area (Å²) in [5, 5.41) is 0. The molecular weight excluding hydrogens is 342 g/mol. The van der Waals surface area contributed by atoms with Crippen molar-refractivity contribution in [1.82, 2.24) is 0 Å². The summed E-state index contributed by atoms with van der Waals surface area (Å²) in [5.41, 5.74) is 0. The Morgan fingerprint density at radius 1 is 0.385 bits per heavy atom. The molecule has 154 valence electrons. The van der Waals surface area contributed by atoms with Gasteiger partial charge in [0, 0.05) is 0 Å². The van der Waals surface area contributed by atoms with Crippen molar-refractivity contribution in [2.24, 2.45) is 0 Å². The van der Waals surface area contributed by atoms with Crippen molar-refractivity contribution in [3.05, 3.63) is 0 Å². The summed E-state index contributed by atoms with van der Waals surface area (Å²) in [4.78, 5) is 0. The van der Waals surface area contributed by atoms with Crippen LogP contribution in [0.15, 0.2) is 0 Å². The molecular formula is C24H52NaP. The van der Waals surface area contributed by atoms with Crippen LogP contribution in [-0.4, -0.2) is 18.5 Å². The Morgan fingerprint density at radius 2 is 0.615 bits per heavy atom. The predicted molar refractivity (Wildman–Crippen MR) is 123 cm³/mol. The molecule has 0 aliphatic carbocycles. The molecule has 0 radical (unpaired) electrons. The van der Waals surface area contributed by atoms with Crippen molar-refractivity contribution in [2.75, 3.05) is 18.5 Å². The molecule has 0 spiro atoms. The molecule has 0 fully saturated rings. The standard InChI is InChI=1S/C24H51P.Na.H/c1-4-7-10-13-16-19-22-25(23-20-17-14-11-8-5-2)24-21-18-15-12-9-6-3;;/h4-24H2,1-3H3;;/q;+1;-1. The third-order valence-corrected chi connectivity index (χ3v) is 8.33. The summed E-state index contributed by atoms with van der Waals surface area (Å²) in [6.45, 7) is 6.96. The first kappa shape index (κ1) is 29.6. The van der Waals surface area contributed by atoms with E-state index < -0.39 is 0 Å². The van der Waals surface area contributed by atoms with E-state index in [2.05, 4.69) is 20.8 Å². The molecule has 0 aromatic heterocycles.